The first kappa shape index (κ1) is 16.3. The molecule has 0 saturated carbocycles. The normalized spacial score (nSPS) is 19.6. The van der Waals surface area contributed by atoms with Crippen LogP contribution in [0.25, 0.3) is 0 Å². The Balaban J connectivity index is 2.06. The highest BCUT2D eigenvalue weighted by Gasteiger charge is 2.20. The van der Waals surface area contributed by atoms with E-state index < -0.39 is 15.8 Å². The maximum Gasteiger partial charge on any atom is 0.240 e. The molecule has 1 atom stereocenters. The molecular formula is C13H19FN2O4S. The number of hydrogen-bond donors (Lipinski definition) is 2. The van der Waals surface area contributed by atoms with Crippen LogP contribution < -0.4 is 10.0 Å². The summed E-state index contributed by atoms with van der Waals surface area (Å²) in [5, 5.41) is 2.80. The summed E-state index contributed by atoms with van der Waals surface area (Å²) in [4.78, 5) is 0.0332. The molecule has 1 saturated heterocycles. The molecule has 1 fully saturated rings. The van der Waals surface area contributed by atoms with Crippen LogP contribution in [0.5, 0.6) is 0 Å². The molecule has 6 nitrogen and oxygen atoms in total. The average molecular weight is 318 g/mol. The Morgan fingerprint density at radius 1 is 1.38 bits per heavy atom. The highest BCUT2D eigenvalue weighted by atomic mass is 32.2. The Morgan fingerprint density at radius 2 is 2.19 bits per heavy atom. The lowest BCUT2D eigenvalue weighted by atomic mass is 10.2. The molecule has 1 heterocycles. The minimum atomic E-state index is -3.70. The predicted octanol–water partition coefficient (Wildman–Crippen LogP) is 0.239. The molecule has 1 aliphatic heterocycles. The monoisotopic (exact) mass is 318 g/mol. The summed E-state index contributed by atoms with van der Waals surface area (Å²) < 4.78 is 50.9. The van der Waals surface area contributed by atoms with E-state index in [0.29, 0.717) is 25.4 Å². The molecular weight excluding hydrogens is 299 g/mol. The van der Waals surface area contributed by atoms with Gasteiger partial charge in [-0.05, 0) is 25.2 Å². The highest BCUT2D eigenvalue weighted by molar-refractivity contribution is 7.89. The van der Waals surface area contributed by atoms with E-state index in [9.17, 15) is 12.8 Å². The summed E-state index contributed by atoms with van der Waals surface area (Å²) in [6.07, 6.45) is -0.300. The summed E-state index contributed by atoms with van der Waals surface area (Å²) >= 11 is 0. The number of sulfonamides is 1. The maximum absolute atomic E-state index is 13.5. The zero-order valence-electron chi connectivity index (χ0n) is 11.8. The second kappa shape index (κ2) is 7.28. The largest absolute Gasteiger partial charge is 0.376 e. The molecule has 0 aromatic heterocycles. The van der Waals surface area contributed by atoms with E-state index in [1.165, 1.54) is 12.1 Å². The second-order valence-corrected chi connectivity index (χ2v) is 6.47. The predicted molar refractivity (Wildman–Crippen MR) is 74.9 cm³/mol. The van der Waals surface area contributed by atoms with Crippen molar-refractivity contribution >= 4 is 10.0 Å². The minimum absolute atomic E-state index is 0.0332. The Hall–Kier alpha value is -1.06. The van der Waals surface area contributed by atoms with Gasteiger partial charge in [-0.3, -0.25) is 0 Å². The van der Waals surface area contributed by atoms with Crippen LogP contribution in [0.2, 0.25) is 0 Å². The first-order chi connectivity index (χ1) is 10.0. The summed E-state index contributed by atoms with van der Waals surface area (Å²) in [7, 11) is -2.03. The van der Waals surface area contributed by atoms with Gasteiger partial charge in [0.2, 0.25) is 10.0 Å². The van der Waals surface area contributed by atoms with Gasteiger partial charge in [-0.1, -0.05) is 0 Å². The molecule has 0 aliphatic carbocycles. The van der Waals surface area contributed by atoms with Crippen molar-refractivity contribution in [1.29, 1.82) is 0 Å². The fourth-order valence-electron chi connectivity index (χ4n) is 1.98. The number of nitrogens with one attached hydrogen (secondary N) is 2. The van der Waals surface area contributed by atoms with Crippen LogP contribution in [-0.4, -0.2) is 47.9 Å². The highest BCUT2D eigenvalue weighted by Crippen LogP contribution is 2.15. The van der Waals surface area contributed by atoms with E-state index in [2.05, 4.69) is 10.0 Å². The third-order valence-corrected chi connectivity index (χ3v) is 4.50. The van der Waals surface area contributed by atoms with Gasteiger partial charge in [-0.2, -0.15) is 0 Å². The smallest absolute Gasteiger partial charge is 0.240 e. The molecule has 1 aliphatic rings. The molecule has 1 aromatic rings. The molecule has 0 radical (unpaired) electrons. The van der Waals surface area contributed by atoms with E-state index in [0.717, 1.165) is 6.07 Å². The van der Waals surface area contributed by atoms with Gasteiger partial charge >= 0.3 is 0 Å². The van der Waals surface area contributed by atoms with Crippen molar-refractivity contribution in [3.63, 3.8) is 0 Å². The SMILES string of the molecule is CNCc1cc(S(=O)(=O)NCC2COCCO2)ccc1F. The van der Waals surface area contributed by atoms with Gasteiger partial charge < -0.3 is 14.8 Å². The number of halogens is 1. The first-order valence-electron chi connectivity index (χ1n) is 6.65. The molecule has 1 unspecified atom stereocenters. The number of benzene rings is 1. The van der Waals surface area contributed by atoms with E-state index in [-0.39, 0.29) is 24.1 Å². The van der Waals surface area contributed by atoms with Crippen LogP contribution >= 0.6 is 0 Å². The zero-order chi connectivity index (χ0) is 15.3. The van der Waals surface area contributed by atoms with Crippen LogP contribution in [0, 0.1) is 5.82 Å². The maximum atomic E-state index is 13.5. The lowest BCUT2D eigenvalue weighted by Crippen LogP contribution is -2.39. The Morgan fingerprint density at radius 3 is 2.86 bits per heavy atom. The van der Waals surface area contributed by atoms with Crippen LogP contribution in [0.3, 0.4) is 0 Å². The standard InChI is InChI=1S/C13H19FN2O4S/c1-15-7-10-6-12(2-3-13(10)14)21(17,18)16-8-11-9-19-4-5-20-11/h2-3,6,11,15-16H,4-5,7-9H2,1H3. The van der Waals surface area contributed by atoms with Crippen molar-refractivity contribution in [3.05, 3.63) is 29.6 Å². The Kier molecular flexibility index (Phi) is 5.65. The van der Waals surface area contributed by atoms with Crippen molar-refractivity contribution < 1.29 is 22.3 Å². The van der Waals surface area contributed by atoms with E-state index in [1.54, 1.807) is 7.05 Å². The van der Waals surface area contributed by atoms with Gasteiger partial charge in [0, 0.05) is 18.7 Å². The fourth-order valence-corrected chi connectivity index (χ4v) is 3.10. The molecule has 0 bridgehead atoms. The quantitative estimate of drug-likeness (QED) is 0.786. The van der Waals surface area contributed by atoms with Gasteiger partial charge in [-0.15, -0.1) is 0 Å². The van der Waals surface area contributed by atoms with Crippen LogP contribution in [0.4, 0.5) is 4.39 Å². The van der Waals surface area contributed by atoms with Gasteiger partial charge in [-0.25, -0.2) is 17.5 Å². The molecule has 0 amide bonds. The lowest BCUT2D eigenvalue weighted by molar-refractivity contribution is -0.0846. The van der Waals surface area contributed by atoms with Crippen LogP contribution in [-0.2, 0) is 26.0 Å². The summed E-state index contributed by atoms with van der Waals surface area (Å²) in [5.41, 5.74) is 0.303. The van der Waals surface area contributed by atoms with Crippen molar-refractivity contribution in [1.82, 2.24) is 10.0 Å². The zero-order valence-corrected chi connectivity index (χ0v) is 12.6. The van der Waals surface area contributed by atoms with Gasteiger partial charge in [0.05, 0.1) is 30.8 Å². The molecule has 118 valence electrons. The topological polar surface area (TPSA) is 76.7 Å². The lowest BCUT2D eigenvalue weighted by Gasteiger charge is -2.23. The Bertz CT molecular complexity index is 574. The van der Waals surface area contributed by atoms with Crippen molar-refractivity contribution in [3.8, 4) is 0 Å². The molecule has 0 spiro atoms. The van der Waals surface area contributed by atoms with Crippen LogP contribution in [0.15, 0.2) is 23.1 Å². The minimum Gasteiger partial charge on any atom is -0.376 e. The van der Waals surface area contributed by atoms with E-state index in [1.807, 2.05) is 0 Å². The first-order valence-corrected chi connectivity index (χ1v) is 8.13. The van der Waals surface area contributed by atoms with Gasteiger partial charge in [0.15, 0.2) is 0 Å². The number of rotatable bonds is 6. The summed E-state index contributed by atoms with van der Waals surface area (Å²) in [5.74, 6) is -0.438. The Labute approximate surface area is 123 Å². The van der Waals surface area contributed by atoms with E-state index in [4.69, 9.17) is 9.47 Å². The summed E-state index contributed by atoms with van der Waals surface area (Å²) in [6, 6.07) is 3.73. The molecule has 21 heavy (non-hydrogen) atoms. The van der Waals surface area contributed by atoms with Crippen molar-refractivity contribution in [2.24, 2.45) is 0 Å². The molecule has 2 rings (SSSR count). The average Bonchev–Trinajstić information content (AvgIpc) is 2.49. The van der Waals surface area contributed by atoms with Gasteiger partial charge in [0.25, 0.3) is 0 Å². The van der Waals surface area contributed by atoms with Crippen LogP contribution in [0.1, 0.15) is 5.56 Å². The second-order valence-electron chi connectivity index (χ2n) is 4.70. The third-order valence-electron chi connectivity index (χ3n) is 3.08. The third kappa shape index (κ3) is 4.45. The van der Waals surface area contributed by atoms with Crippen molar-refractivity contribution in [2.75, 3.05) is 33.4 Å². The number of ether oxygens (including phenoxy) is 2. The summed E-state index contributed by atoms with van der Waals surface area (Å²) in [6.45, 7) is 1.72. The molecule has 2 N–H and O–H groups in total. The van der Waals surface area contributed by atoms with Crippen molar-refractivity contribution in [2.45, 2.75) is 17.5 Å². The van der Waals surface area contributed by atoms with Gasteiger partial charge in [0.1, 0.15) is 5.82 Å². The fraction of sp³-hybridized carbons (Fsp3) is 0.538. The molecule has 1 aromatic carbocycles. The molecule has 8 heteroatoms. The number of hydrogen-bond acceptors (Lipinski definition) is 5. The van der Waals surface area contributed by atoms with E-state index >= 15 is 0 Å².